The minimum absolute atomic E-state index is 0.145. The van der Waals surface area contributed by atoms with Crippen molar-refractivity contribution in [3.05, 3.63) is 16.8 Å². The van der Waals surface area contributed by atoms with Gasteiger partial charge in [0.1, 0.15) is 5.82 Å². The highest BCUT2D eigenvalue weighted by Gasteiger charge is 2.16. The molecule has 3 nitrogen and oxygen atoms in total. The SMILES string of the molecule is Nc1cc(C(F)F)c(O)c(Cl)n1. The van der Waals surface area contributed by atoms with Gasteiger partial charge < -0.3 is 10.8 Å². The number of nitrogens with two attached hydrogens (primary N) is 1. The Balaban J connectivity index is 3.28. The molecular formula is C6H5ClF2N2O. The van der Waals surface area contributed by atoms with Crippen LogP contribution in [0.4, 0.5) is 14.6 Å². The Morgan fingerprint density at radius 1 is 1.58 bits per heavy atom. The molecule has 3 N–H and O–H groups in total. The molecule has 0 atom stereocenters. The zero-order chi connectivity index (χ0) is 9.30. The van der Waals surface area contributed by atoms with Crippen molar-refractivity contribution < 1.29 is 13.9 Å². The quantitative estimate of drug-likeness (QED) is 0.672. The maximum atomic E-state index is 12.1. The first-order valence-corrected chi connectivity index (χ1v) is 3.33. The molecule has 0 saturated heterocycles. The van der Waals surface area contributed by atoms with E-state index < -0.39 is 22.9 Å². The number of rotatable bonds is 1. The first-order valence-electron chi connectivity index (χ1n) is 2.95. The van der Waals surface area contributed by atoms with Crippen molar-refractivity contribution in [3.8, 4) is 5.75 Å². The van der Waals surface area contributed by atoms with Gasteiger partial charge in [0.25, 0.3) is 6.43 Å². The third-order valence-corrected chi connectivity index (χ3v) is 1.50. The standard InChI is InChI=1S/C6H5ClF2N2O/c7-5-4(12)2(6(8)9)1-3(10)11-5/h1,6,12H,(H2,10,11). The molecule has 6 heteroatoms. The van der Waals surface area contributed by atoms with E-state index in [4.69, 9.17) is 22.4 Å². The van der Waals surface area contributed by atoms with Crippen molar-refractivity contribution in [1.29, 1.82) is 0 Å². The summed E-state index contributed by atoms with van der Waals surface area (Å²) >= 11 is 5.29. The van der Waals surface area contributed by atoms with Crippen LogP contribution in [-0.2, 0) is 0 Å². The lowest BCUT2D eigenvalue weighted by atomic mass is 10.2. The van der Waals surface area contributed by atoms with Crippen LogP contribution in [0.3, 0.4) is 0 Å². The minimum Gasteiger partial charge on any atom is -0.504 e. The third-order valence-electron chi connectivity index (χ3n) is 1.23. The van der Waals surface area contributed by atoms with Gasteiger partial charge in [-0.15, -0.1) is 0 Å². The van der Waals surface area contributed by atoms with Gasteiger partial charge in [0, 0.05) is 0 Å². The Bertz CT molecular complexity index is 306. The summed E-state index contributed by atoms with van der Waals surface area (Å²) < 4.78 is 24.2. The number of hydrogen-bond donors (Lipinski definition) is 2. The topological polar surface area (TPSA) is 59.1 Å². The highest BCUT2D eigenvalue weighted by atomic mass is 35.5. The van der Waals surface area contributed by atoms with E-state index in [1.807, 2.05) is 0 Å². The van der Waals surface area contributed by atoms with Gasteiger partial charge in [-0.2, -0.15) is 0 Å². The van der Waals surface area contributed by atoms with E-state index >= 15 is 0 Å². The number of alkyl halides is 2. The van der Waals surface area contributed by atoms with Gasteiger partial charge in [-0.25, -0.2) is 13.8 Å². The van der Waals surface area contributed by atoms with Gasteiger partial charge in [-0.05, 0) is 6.07 Å². The molecule has 0 aliphatic rings. The van der Waals surface area contributed by atoms with Gasteiger partial charge in [0.2, 0.25) is 0 Å². The Morgan fingerprint density at radius 2 is 2.17 bits per heavy atom. The van der Waals surface area contributed by atoms with Crippen LogP contribution in [0.15, 0.2) is 6.07 Å². The molecule has 66 valence electrons. The summed E-state index contributed by atoms with van der Waals surface area (Å²) in [4.78, 5) is 3.38. The second-order valence-electron chi connectivity index (χ2n) is 2.08. The van der Waals surface area contributed by atoms with E-state index in [9.17, 15) is 8.78 Å². The van der Waals surface area contributed by atoms with E-state index in [1.165, 1.54) is 0 Å². The van der Waals surface area contributed by atoms with Crippen LogP contribution in [-0.4, -0.2) is 10.1 Å². The predicted octanol–water partition coefficient (Wildman–Crippen LogP) is 1.96. The van der Waals surface area contributed by atoms with E-state index in [1.54, 1.807) is 0 Å². The fourth-order valence-corrected chi connectivity index (χ4v) is 0.918. The number of hydrogen-bond acceptors (Lipinski definition) is 3. The summed E-state index contributed by atoms with van der Waals surface area (Å²) in [6.07, 6.45) is -2.81. The van der Waals surface area contributed by atoms with Gasteiger partial charge >= 0.3 is 0 Å². The van der Waals surface area contributed by atoms with Gasteiger partial charge in [-0.1, -0.05) is 11.6 Å². The Kier molecular flexibility index (Phi) is 2.32. The van der Waals surface area contributed by atoms with E-state index in [2.05, 4.69) is 4.98 Å². The largest absolute Gasteiger partial charge is 0.504 e. The molecule has 0 aliphatic carbocycles. The van der Waals surface area contributed by atoms with Crippen molar-refractivity contribution in [1.82, 2.24) is 4.98 Å². The van der Waals surface area contributed by atoms with Crippen LogP contribution in [0.25, 0.3) is 0 Å². The lowest BCUT2D eigenvalue weighted by Crippen LogP contribution is -1.95. The normalized spacial score (nSPS) is 10.7. The molecule has 0 radical (unpaired) electrons. The fourth-order valence-electron chi connectivity index (χ4n) is 0.712. The predicted molar refractivity (Wildman–Crippen MR) is 40.3 cm³/mol. The van der Waals surface area contributed by atoms with Crippen LogP contribution in [0.1, 0.15) is 12.0 Å². The van der Waals surface area contributed by atoms with Gasteiger partial charge in [0.15, 0.2) is 10.9 Å². The van der Waals surface area contributed by atoms with E-state index in [-0.39, 0.29) is 5.82 Å². The summed E-state index contributed by atoms with van der Waals surface area (Å²) in [7, 11) is 0. The summed E-state index contributed by atoms with van der Waals surface area (Å²) in [6.45, 7) is 0. The molecule has 0 aromatic carbocycles. The fraction of sp³-hybridized carbons (Fsp3) is 0.167. The Hall–Kier alpha value is -1.10. The average Bonchev–Trinajstić information content (AvgIpc) is 1.96. The number of pyridine rings is 1. The number of nitrogen functional groups attached to an aromatic ring is 1. The molecule has 1 aromatic rings. The van der Waals surface area contributed by atoms with Crippen LogP contribution in [0, 0.1) is 0 Å². The van der Waals surface area contributed by atoms with Crippen molar-refractivity contribution >= 4 is 17.4 Å². The van der Waals surface area contributed by atoms with Crippen molar-refractivity contribution in [2.45, 2.75) is 6.43 Å². The molecule has 1 aromatic heterocycles. The number of halogens is 3. The maximum Gasteiger partial charge on any atom is 0.267 e. The highest BCUT2D eigenvalue weighted by Crippen LogP contribution is 2.33. The van der Waals surface area contributed by atoms with Gasteiger partial charge in [0.05, 0.1) is 5.56 Å². The zero-order valence-corrected chi connectivity index (χ0v) is 6.52. The Morgan fingerprint density at radius 3 is 2.67 bits per heavy atom. The molecule has 0 bridgehead atoms. The molecule has 1 rings (SSSR count). The van der Waals surface area contributed by atoms with Crippen LogP contribution in [0.5, 0.6) is 5.75 Å². The second kappa shape index (κ2) is 3.10. The van der Waals surface area contributed by atoms with Crippen LogP contribution < -0.4 is 5.73 Å². The van der Waals surface area contributed by atoms with Crippen molar-refractivity contribution in [3.63, 3.8) is 0 Å². The van der Waals surface area contributed by atoms with Crippen molar-refractivity contribution in [2.75, 3.05) is 5.73 Å². The molecule has 0 aliphatic heterocycles. The third kappa shape index (κ3) is 1.55. The second-order valence-corrected chi connectivity index (χ2v) is 2.43. The Labute approximate surface area is 71.8 Å². The first kappa shape index (κ1) is 8.99. The number of nitrogens with zero attached hydrogens (tertiary/aromatic N) is 1. The average molecular weight is 195 g/mol. The summed E-state index contributed by atoms with van der Waals surface area (Å²) in [6, 6.07) is 0.881. The number of aromatic hydroxyl groups is 1. The minimum atomic E-state index is -2.81. The molecule has 0 spiro atoms. The lowest BCUT2D eigenvalue weighted by molar-refractivity contribution is 0.147. The summed E-state index contributed by atoms with van der Waals surface area (Å²) in [5, 5.41) is 8.55. The molecule has 0 saturated carbocycles. The van der Waals surface area contributed by atoms with Crippen molar-refractivity contribution in [2.24, 2.45) is 0 Å². The maximum absolute atomic E-state index is 12.1. The first-order chi connectivity index (χ1) is 5.52. The molecule has 0 amide bonds. The highest BCUT2D eigenvalue weighted by molar-refractivity contribution is 6.31. The molecule has 1 heterocycles. The summed E-state index contributed by atoms with van der Waals surface area (Å²) in [5.41, 5.74) is 4.52. The molecule has 12 heavy (non-hydrogen) atoms. The molecular weight excluding hydrogens is 190 g/mol. The lowest BCUT2D eigenvalue weighted by Gasteiger charge is -2.04. The number of anilines is 1. The molecule has 0 unspecified atom stereocenters. The summed E-state index contributed by atoms with van der Waals surface area (Å²) in [5.74, 6) is -0.867. The van der Waals surface area contributed by atoms with Crippen LogP contribution in [0.2, 0.25) is 5.15 Å². The van der Waals surface area contributed by atoms with Crippen LogP contribution >= 0.6 is 11.6 Å². The monoisotopic (exact) mass is 194 g/mol. The molecule has 0 fully saturated rings. The smallest absolute Gasteiger partial charge is 0.267 e. The van der Waals surface area contributed by atoms with E-state index in [0.717, 1.165) is 6.07 Å². The van der Waals surface area contributed by atoms with Gasteiger partial charge in [-0.3, -0.25) is 0 Å². The zero-order valence-electron chi connectivity index (χ0n) is 5.76. The number of aromatic nitrogens is 1. The van der Waals surface area contributed by atoms with E-state index in [0.29, 0.717) is 0 Å².